The number of hydrogen-bond donors (Lipinski definition) is 0. The molecule has 5 heteroatoms. The Hall–Kier alpha value is -0.970. The number of thiophene rings is 1. The van der Waals surface area contributed by atoms with Gasteiger partial charge in [-0.2, -0.15) is 0 Å². The van der Waals surface area contributed by atoms with Crippen LogP contribution in [0.15, 0.2) is 36.4 Å². The van der Waals surface area contributed by atoms with Crippen LogP contribution in [0, 0.1) is 6.92 Å². The first kappa shape index (κ1) is 14.4. The van der Waals surface area contributed by atoms with Gasteiger partial charge in [0.2, 0.25) is 0 Å². The second-order valence-corrected chi connectivity index (χ2v) is 7.42. The van der Waals surface area contributed by atoms with Gasteiger partial charge in [-0.25, -0.2) is 0 Å². The molecular weight excluding hydrogens is 300 g/mol. The monoisotopic (exact) mass is 312 g/mol. The molecule has 0 radical (unpaired) electrons. The number of ketones is 1. The number of benzene rings is 1. The third-order valence-corrected chi connectivity index (χ3v) is 5.06. The maximum atomic E-state index is 12.0. The van der Waals surface area contributed by atoms with Crippen LogP contribution >= 0.6 is 22.9 Å². The molecule has 2 rings (SSSR count). The average Bonchev–Trinajstić information content (AvgIpc) is 2.75. The number of hydrogen-bond acceptors (Lipinski definition) is 3. The molecule has 0 bridgehead atoms. The normalized spacial score (nSPS) is 12.3. The van der Waals surface area contributed by atoms with Crippen molar-refractivity contribution in [3.05, 3.63) is 56.7 Å². The van der Waals surface area contributed by atoms with Crippen molar-refractivity contribution in [1.29, 1.82) is 0 Å². The summed E-state index contributed by atoms with van der Waals surface area (Å²) in [4.78, 5) is 12.5. The molecule has 2 aromatic rings. The van der Waals surface area contributed by atoms with Gasteiger partial charge < -0.3 is 0 Å². The zero-order valence-electron chi connectivity index (χ0n) is 10.4. The van der Waals surface area contributed by atoms with Crippen LogP contribution in [0.25, 0.3) is 0 Å². The van der Waals surface area contributed by atoms with Gasteiger partial charge in [0.15, 0.2) is 5.78 Å². The van der Waals surface area contributed by atoms with E-state index in [0.717, 1.165) is 11.1 Å². The summed E-state index contributed by atoms with van der Waals surface area (Å²) in [6.45, 7) is 1.99. The van der Waals surface area contributed by atoms with Gasteiger partial charge in [0.05, 0.1) is 15.0 Å². The second-order valence-electron chi connectivity index (χ2n) is 4.24. The largest absolute Gasteiger partial charge is 0.292 e. The first-order chi connectivity index (χ1) is 9.04. The Bertz CT molecular complexity index is 619. The van der Waals surface area contributed by atoms with Crippen LogP contribution in [-0.2, 0) is 16.6 Å². The maximum absolute atomic E-state index is 12.0. The number of Topliss-reactive ketones (excluding diaryl/α,β-unsaturated/α-hetero) is 1. The Morgan fingerprint density at radius 1 is 1.32 bits per heavy atom. The van der Waals surface area contributed by atoms with Gasteiger partial charge in [0, 0.05) is 16.6 Å². The summed E-state index contributed by atoms with van der Waals surface area (Å²) in [5.41, 5.74) is 2.13. The van der Waals surface area contributed by atoms with Crippen LogP contribution in [0.2, 0.25) is 4.34 Å². The zero-order valence-corrected chi connectivity index (χ0v) is 12.8. The Kier molecular flexibility index (Phi) is 4.91. The quantitative estimate of drug-likeness (QED) is 0.786. The molecule has 1 heterocycles. The topological polar surface area (TPSA) is 34.1 Å². The van der Waals surface area contributed by atoms with E-state index in [1.807, 2.05) is 31.2 Å². The van der Waals surface area contributed by atoms with Crippen LogP contribution in [-0.4, -0.2) is 15.7 Å². The first-order valence-electron chi connectivity index (χ1n) is 5.73. The molecule has 0 amide bonds. The highest BCUT2D eigenvalue weighted by atomic mass is 35.5. The van der Waals surface area contributed by atoms with Crippen LogP contribution in [0.3, 0.4) is 0 Å². The first-order valence-corrected chi connectivity index (χ1v) is 8.42. The highest BCUT2D eigenvalue weighted by Gasteiger charge is 2.13. The molecule has 2 nitrogen and oxygen atoms in total. The van der Waals surface area contributed by atoms with E-state index < -0.39 is 10.8 Å². The molecule has 0 spiro atoms. The highest BCUT2D eigenvalue weighted by molar-refractivity contribution is 7.85. The fraction of sp³-hybridized carbons (Fsp3) is 0.214. The lowest BCUT2D eigenvalue weighted by Gasteiger charge is -2.02. The number of aryl methyl sites for hydroxylation is 1. The van der Waals surface area contributed by atoms with Crippen molar-refractivity contribution in [3.8, 4) is 0 Å². The lowest BCUT2D eigenvalue weighted by Crippen LogP contribution is -2.11. The van der Waals surface area contributed by atoms with Crippen LogP contribution in [0.4, 0.5) is 0 Å². The standard InChI is InChI=1S/C14H13ClO2S2/c1-10-3-2-4-11(7-10)8-19(17)9-12(16)13-5-6-14(15)18-13/h2-7H,8-9H2,1H3. The summed E-state index contributed by atoms with van der Waals surface area (Å²) in [7, 11) is -1.19. The van der Waals surface area contributed by atoms with Crippen molar-refractivity contribution >= 4 is 39.5 Å². The molecule has 1 unspecified atom stereocenters. The molecule has 100 valence electrons. The third-order valence-electron chi connectivity index (χ3n) is 2.55. The van der Waals surface area contributed by atoms with Crippen LogP contribution < -0.4 is 0 Å². The molecule has 0 saturated heterocycles. The van der Waals surface area contributed by atoms with Crippen LogP contribution in [0.1, 0.15) is 20.8 Å². The predicted molar refractivity (Wildman–Crippen MR) is 81.6 cm³/mol. The minimum atomic E-state index is -1.19. The molecule has 1 aromatic carbocycles. The molecular formula is C14H13ClO2S2. The summed E-state index contributed by atoms with van der Waals surface area (Å²) < 4.78 is 12.6. The number of rotatable bonds is 5. The summed E-state index contributed by atoms with van der Waals surface area (Å²) in [6, 6.07) is 11.2. The molecule has 0 saturated carbocycles. The fourth-order valence-corrected chi connectivity index (χ4v) is 3.89. The minimum absolute atomic E-state index is 0.0464. The Morgan fingerprint density at radius 3 is 2.74 bits per heavy atom. The summed E-state index contributed by atoms with van der Waals surface area (Å²) in [6.07, 6.45) is 0. The minimum Gasteiger partial charge on any atom is -0.292 e. The molecule has 0 aliphatic rings. The highest BCUT2D eigenvalue weighted by Crippen LogP contribution is 2.22. The third kappa shape index (κ3) is 4.27. The second kappa shape index (κ2) is 6.46. The van der Waals surface area contributed by atoms with E-state index in [0.29, 0.717) is 15.0 Å². The fourth-order valence-electron chi connectivity index (χ4n) is 1.72. The lowest BCUT2D eigenvalue weighted by molar-refractivity contribution is 0.102. The van der Waals surface area contributed by atoms with Crippen molar-refractivity contribution in [2.75, 3.05) is 5.75 Å². The Balaban J connectivity index is 1.96. The molecule has 1 atom stereocenters. The van der Waals surface area contributed by atoms with Crippen molar-refractivity contribution in [1.82, 2.24) is 0 Å². The van der Waals surface area contributed by atoms with Crippen molar-refractivity contribution < 1.29 is 9.00 Å². The van der Waals surface area contributed by atoms with E-state index in [1.54, 1.807) is 12.1 Å². The molecule has 0 aliphatic heterocycles. The van der Waals surface area contributed by atoms with Gasteiger partial charge >= 0.3 is 0 Å². The molecule has 0 aliphatic carbocycles. The molecule has 0 fully saturated rings. The summed E-state index contributed by atoms with van der Waals surface area (Å²) >= 11 is 7.01. The van der Waals surface area contributed by atoms with E-state index in [9.17, 15) is 9.00 Å². The smallest absolute Gasteiger partial charge is 0.185 e. The van der Waals surface area contributed by atoms with E-state index in [-0.39, 0.29) is 11.5 Å². The zero-order chi connectivity index (χ0) is 13.8. The van der Waals surface area contributed by atoms with Gasteiger partial charge in [-0.05, 0) is 24.6 Å². The maximum Gasteiger partial charge on any atom is 0.185 e. The van der Waals surface area contributed by atoms with E-state index in [1.165, 1.54) is 11.3 Å². The predicted octanol–water partition coefficient (Wildman–Crippen LogP) is 3.84. The molecule has 0 N–H and O–H groups in total. The van der Waals surface area contributed by atoms with E-state index >= 15 is 0 Å². The molecule has 1 aromatic heterocycles. The number of carbonyl (C=O) groups excluding carboxylic acids is 1. The SMILES string of the molecule is Cc1cccc(CS(=O)CC(=O)c2ccc(Cl)s2)c1. The Labute approximate surface area is 123 Å². The van der Waals surface area contributed by atoms with Crippen molar-refractivity contribution in [3.63, 3.8) is 0 Å². The van der Waals surface area contributed by atoms with Gasteiger partial charge in [0.25, 0.3) is 0 Å². The van der Waals surface area contributed by atoms with E-state index in [2.05, 4.69) is 0 Å². The number of carbonyl (C=O) groups is 1. The lowest BCUT2D eigenvalue weighted by atomic mass is 10.2. The van der Waals surface area contributed by atoms with Crippen molar-refractivity contribution in [2.45, 2.75) is 12.7 Å². The average molecular weight is 313 g/mol. The Morgan fingerprint density at radius 2 is 2.11 bits per heavy atom. The van der Waals surface area contributed by atoms with Gasteiger partial charge in [0.1, 0.15) is 0 Å². The molecule has 19 heavy (non-hydrogen) atoms. The van der Waals surface area contributed by atoms with E-state index in [4.69, 9.17) is 11.6 Å². The van der Waals surface area contributed by atoms with Crippen LogP contribution in [0.5, 0.6) is 0 Å². The number of halogens is 1. The summed E-state index contributed by atoms with van der Waals surface area (Å²) in [5.74, 6) is 0.347. The van der Waals surface area contributed by atoms with Gasteiger partial charge in [-0.15, -0.1) is 11.3 Å². The van der Waals surface area contributed by atoms with Crippen molar-refractivity contribution in [2.24, 2.45) is 0 Å². The summed E-state index contributed by atoms with van der Waals surface area (Å²) in [5, 5.41) is 0. The van der Waals surface area contributed by atoms with Gasteiger partial charge in [-0.1, -0.05) is 41.4 Å². The van der Waals surface area contributed by atoms with Gasteiger partial charge in [-0.3, -0.25) is 9.00 Å².